The minimum absolute atomic E-state index is 0.245. The Labute approximate surface area is 114 Å². The number of furan rings is 1. The van der Waals surface area contributed by atoms with Crippen molar-refractivity contribution >= 4 is 5.69 Å². The average molecular weight is 256 g/mol. The van der Waals surface area contributed by atoms with Crippen molar-refractivity contribution in [2.24, 2.45) is 0 Å². The molecule has 0 radical (unpaired) electrons. The Kier molecular flexibility index (Phi) is 3.07. The SMILES string of the molecule is CNC(C)c1ccc(-c2ccc3c(c2)CCN3C)o1. The molecule has 2 heterocycles. The second kappa shape index (κ2) is 4.74. The molecule has 0 fully saturated rings. The third kappa shape index (κ3) is 2.15. The predicted octanol–water partition coefficient (Wildman–Crippen LogP) is 3.22. The number of anilines is 1. The van der Waals surface area contributed by atoms with Gasteiger partial charge in [-0.2, -0.15) is 0 Å². The highest BCUT2D eigenvalue weighted by atomic mass is 16.3. The standard InChI is InChI=1S/C16H20N2O/c1-11(17-2)15-6-7-16(19-15)13-4-5-14-12(10-13)8-9-18(14)3/h4-7,10-11,17H,8-9H2,1-3H3. The Morgan fingerprint density at radius 1 is 1.26 bits per heavy atom. The Hall–Kier alpha value is -1.74. The zero-order valence-corrected chi connectivity index (χ0v) is 11.7. The number of hydrogen-bond acceptors (Lipinski definition) is 3. The second-order valence-corrected chi connectivity index (χ2v) is 5.23. The first kappa shape index (κ1) is 12.3. The highest BCUT2D eigenvalue weighted by Gasteiger charge is 2.17. The van der Waals surface area contributed by atoms with Crippen molar-refractivity contribution in [3.8, 4) is 11.3 Å². The molecule has 0 saturated heterocycles. The van der Waals surface area contributed by atoms with E-state index in [0.717, 1.165) is 24.5 Å². The minimum atomic E-state index is 0.245. The summed E-state index contributed by atoms with van der Waals surface area (Å²) >= 11 is 0. The van der Waals surface area contributed by atoms with Crippen LogP contribution in [0.5, 0.6) is 0 Å². The first-order valence-corrected chi connectivity index (χ1v) is 6.80. The molecule has 3 rings (SSSR count). The van der Waals surface area contributed by atoms with Crippen molar-refractivity contribution in [3.63, 3.8) is 0 Å². The number of nitrogens with zero attached hydrogens (tertiary/aromatic N) is 1. The molecule has 1 aromatic heterocycles. The molecule has 0 aliphatic carbocycles. The molecule has 1 unspecified atom stereocenters. The summed E-state index contributed by atoms with van der Waals surface area (Å²) in [6, 6.07) is 11.0. The van der Waals surface area contributed by atoms with Crippen LogP contribution < -0.4 is 10.2 Å². The van der Waals surface area contributed by atoms with Gasteiger partial charge in [-0.15, -0.1) is 0 Å². The van der Waals surface area contributed by atoms with Crippen LogP contribution in [0.2, 0.25) is 0 Å². The normalized spacial score (nSPS) is 15.6. The summed E-state index contributed by atoms with van der Waals surface area (Å²) in [5, 5.41) is 3.19. The molecule has 19 heavy (non-hydrogen) atoms. The van der Waals surface area contributed by atoms with Crippen LogP contribution >= 0.6 is 0 Å². The van der Waals surface area contributed by atoms with Crippen molar-refractivity contribution < 1.29 is 4.42 Å². The third-order valence-corrected chi connectivity index (χ3v) is 3.98. The summed E-state index contributed by atoms with van der Waals surface area (Å²) < 4.78 is 5.93. The summed E-state index contributed by atoms with van der Waals surface area (Å²) in [6.45, 7) is 3.21. The van der Waals surface area contributed by atoms with E-state index in [1.165, 1.54) is 16.8 Å². The molecule has 1 N–H and O–H groups in total. The smallest absolute Gasteiger partial charge is 0.134 e. The van der Waals surface area contributed by atoms with Gasteiger partial charge in [-0.25, -0.2) is 0 Å². The van der Waals surface area contributed by atoms with E-state index in [1.54, 1.807) is 0 Å². The van der Waals surface area contributed by atoms with Crippen molar-refractivity contribution in [1.82, 2.24) is 5.32 Å². The molecule has 1 aliphatic rings. The topological polar surface area (TPSA) is 28.4 Å². The molecular weight excluding hydrogens is 236 g/mol. The summed E-state index contributed by atoms with van der Waals surface area (Å²) in [6.07, 6.45) is 1.13. The highest BCUT2D eigenvalue weighted by molar-refractivity contribution is 5.67. The highest BCUT2D eigenvalue weighted by Crippen LogP contribution is 2.32. The van der Waals surface area contributed by atoms with E-state index in [0.29, 0.717) is 0 Å². The first-order valence-electron chi connectivity index (χ1n) is 6.80. The maximum Gasteiger partial charge on any atom is 0.134 e. The lowest BCUT2D eigenvalue weighted by Gasteiger charge is -2.11. The Bertz CT molecular complexity index is 588. The van der Waals surface area contributed by atoms with E-state index in [4.69, 9.17) is 4.42 Å². The Morgan fingerprint density at radius 3 is 2.89 bits per heavy atom. The number of benzene rings is 1. The lowest BCUT2D eigenvalue weighted by molar-refractivity contribution is 0.458. The fraction of sp³-hybridized carbons (Fsp3) is 0.375. The van der Waals surface area contributed by atoms with Gasteiger partial charge in [0.25, 0.3) is 0 Å². The number of nitrogens with one attached hydrogen (secondary N) is 1. The van der Waals surface area contributed by atoms with E-state index in [2.05, 4.69) is 54.5 Å². The van der Waals surface area contributed by atoms with Gasteiger partial charge in [-0.05, 0) is 56.3 Å². The van der Waals surface area contributed by atoms with Gasteiger partial charge < -0.3 is 14.6 Å². The van der Waals surface area contributed by atoms with Crippen molar-refractivity contribution in [2.45, 2.75) is 19.4 Å². The van der Waals surface area contributed by atoms with Crippen molar-refractivity contribution in [3.05, 3.63) is 41.7 Å². The molecule has 3 heteroatoms. The Morgan fingerprint density at radius 2 is 2.11 bits per heavy atom. The predicted molar refractivity (Wildman–Crippen MR) is 78.6 cm³/mol. The van der Waals surface area contributed by atoms with Crippen molar-refractivity contribution in [1.29, 1.82) is 0 Å². The maximum atomic E-state index is 5.93. The van der Waals surface area contributed by atoms with Gasteiger partial charge in [0.15, 0.2) is 0 Å². The summed E-state index contributed by atoms with van der Waals surface area (Å²) in [5.41, 5.74) is 3.93. The Balaban J connectivity index is 1.93. The van der Waals surface area contributed by atoms with Gasteiger partial charge in [-0.3, -0.25) is 0 Å². The van der Waals surface area contributed by atoms with Crippen LogP contribution in [0.1, 0.15) is 24.3 Å². The van der Waals surface area contributed by atoms with Gasteiger partial charge in [0.1, 0.15) is 11.5 Å². The molecule has 1 aromatic carbocycles. The zero-order valence-electron chi connectivity index (χ0n) is 11.7. The fourth-order valence-electron chi connectivity index (χ4n) is 2.60. The van der Waals surface area contributed by atoms with E-state index in [1.807, 2.05) is 7.05 Å². The van der Waals surface area contributed by atoms with Crippen LogP contribution in [0.3, 0.4) is 0 Å². The number of hydrogen-bond donors (Lipinski definition) is 1. The summed E-state index contributed by atoms with van der Waals surface area (Å²) in [4.78, 5) is 2.30. The number of fused-ring (bicyclic) bond motifs is 1. The molecule has 2 aromatic rings. The van der Waals surface area contributed by atoms with Crippen molar-refractivity contribution in [2.75, 3.05) is 25.5 Å². The lowest BCUT2D eigenvalue weighted by atomic mass is 10.1. The minimum Gasteiger partial charge on any atom is -0.459 e. The van der Waals surface area contributed by atoms with Gasteiger partial charge in [0.05, 0.1) is 6.04 Å². The van der Waals surface area contributed by atoms with E-state index in [9.17, 15) is 0 Å². The van der Waals surface area contributed by atoms with Crippen LogP contribution in [0.15, 0.2) is 34.7 Å². The monoisotopic (exact) mass is 256 g/mol. The molecular formula is C16H20N2O. The van der Waals surface area contributed by atoms with E-state index < -0.39 is 0 Å². The molecule has 1 aliphatic heterocycles. The van der Waals surface area contributed by atoms with Crippen LogP contribution in [0.4, 0.5) is 5.69 Å². The fourth-order valence-corrected chi connectivity index (χ4v) is 2.60. The molecule has 0 spiro atoms. The average Bonchev–Trinajstić information content (AvgIpc) is 3.05. The van der Waals surface area contributed by atoms with Crippen LogP contribution in [0, 0.1) is 0 Å². The van der Waals surface area contributed by atoms with Gasteiger partial charge in [-0.1, -0.05) is 0 Å². The van der Waals surface area contributed by atoms with Gasteiger partial charge >= 0.3 is 0 Å². The summed E-state index contributed by atoms with van der Waals surface area (Å²) in [5.74, 6) is 1.93. The van der Waals surface area contributed by atoms with E-state index >= 15 is 0 Å². The third-order valence-electron chi connectivity index (χ3n) is 3.98. The largest absolute Gasteiger partial charge is 0.459 e. The van der Waals surface area contributed by atoms with Crippen LogP contribution in [0.25, 0.3) is 11.3 Å². The second-order valence-electron chi connectivity index (χ2n) is 5.23. The first-order chi connectivity index (χ1) is 9.19. The van der Waals surface area contributed by atoms with Gasteiger partial charge in [0.2, 0.25) is 0 Å². The maximum absolute atomic E-state index is 5.93. The molecule has 0 amide bonds. The lowest BCUT2D eigenvalue weighted by Crippen LogP contribution is -2.12. The molecule has 1 atom stereocenters. The van der Waals surface area contributed by atoms with E-state index in [-0.39, 0.29) is 6.04 Å². The van der Waals surface area contributed by atoms with Crippen LogP contribution in [-0.4, -0.2) is 20.6 Å². The zero-order chi connectivity index (χ0) is 13.4. The molecule has 3 nitrogen and oxygen atoms in total. The quantitative estimate of drug-likeness (QED) is 0.914. The van der Waals surface area contributed by atoms with Crippen LogP contribution in [-0.2, 0) is 6.42 Å². The number of rotatable bonds is 3. The molecule has 0 saturated carbocycles. The molecule has 0 bridgehead atoms. The van der Waals surface area contributed by atoms with Gasteiger partial charge in [0, 0.05) is 24.8 Å². The number of likely N-dealkylation sites (N-methyl/N-ethyl adjacent to an activating group) is 1. The summed E-state index contributed by atoms with van der Waals surface area (Å²) in [7, 11) is 4.09. The molecule has 100 valence electrons.